The maximum absolute atomic E-state index is 12.7. The highest BCUT2D eigenvalue weighted by Crippen LogP contribution is 2.25. The number of hydrogen-bond donors (Lipinski definition) is 1. The van der Waals surface area contributed by atoms with Gasteiger partial charge in [0.2, 0.25) is 0 Å². The summed E-state index contributed by atoms with van der Waals surface area (Å²) in [5.74, 6) is 0. The van der Waals surface area contributed by atoms with Crippen molar-refractivity contribution in [2.45, 2.75) is 27.7 Å². The van der Waals surface area contributed by atoms with E-state index in [2.05, 4.69) is 19.9 Å². The summed E-state index contributed by atoms with van der Waals surface area (Å²) in [6.45, 7) is 7.70. The number of hydrogen-bond acceptors (Lipinski definition) is 7. The topological polar surface area (TPSA) is 111 Å². The van der Waals surface area contributed by atoms with Gasteiger partial charge in [0, 0.05) is 7.05 Å². The van der Waals surface area contributed by atoms with Gasteiger partial charge in [0.05, 0.1) is 23.5 Å². The van der Waals surface area contributed by atoms with Gasteiger partial charge in [0.25, 0.3) is 15.6 Å². The molecule has 0 bridgehead atoms. The van der Waals surface area contributed by atoms with Crippen LogP contribution in [-0.2, 0) is 17.1 Å². The van der Waals surface area contributed by atoms with Gasteiger partial charge in [-0.2, -0.15) is 0 Å². The van der Waals surface area contributed by atoms with Crippen LogP contribution in [0, 0.1) is 27.7 Å². The smallest absolute Gasteiger partial charge is 0.277 e. The van der Waals surface area contributed by atoms with Crippen LogP contribution >= 0.6 is 11.3 Å². The summed E-state index contributed by atoms with van der Waals surface area (Å²) in [7, 11) is -2.22. The molecule has 3 aromatic heterocycles. The highest BCUT2D eigenvalue weighted by atomic mass is 32.2. The molecule has 0 fully saturated rings. The van der Waals surface area contributed by atoms with E-state index < -0.39 is 10.0 Å². The van der Waals surface area contributed by atoms with Crippen molar-refractivity contribution >= 4 is 38.8 Å². The molecule has 0 spiro atoms. The summed E-state index contributed by atoms with van der Waals surface area (Å²) in [5.41, 5.74) is 4.62. The molecule has 0 saturated carbocycles. The van der Waals surface area contributed by atoms with Crippen LogP contribution in [0.1, 0.15) is 27.3 Å². The molecule has 1 aromatic carbocycles. The molecule has 32 heavy (non-hydrogen) atoms. The number of aromatic nitrogens is 5. The fourth-order valence-corrected chi connectivity index (χ4v) is 5.17. The lowest BCUT2D eigenvalue weighted by Gasteiger charge is -2.08. The van der Waals surface area contributed by atoms with Crippen molar-refractivity contribution in [3.63, 3.8) is 0 Å². The van der Waals surface area contributed by atoms with Crippen molar-refractivity contribution in [2.75, 3.05) is 4.72 Å². The van der Waals surface area contributed by atoms with Gasteiger partial charge in [-0.1, -0.05) is 29.0 Å². The lowest BCUT2D eigenvalue weighted by Crippen LogP contribution is -2.16. The zero-order valence-corrected chi connectivity index (χ0v) is 19.9. The van der Waals surface area contributed by atoms with Gasteiger partial charge in [0.15, 0.2) is 10.7 Å². The van der Waals surface area contributed by atoms with Crippen molar-refractivity contribution in [1.29, 1.82) is 0 Å². The van der Waals surface area contributed by atoms with Crippen LogP contribution in [0.2, 0.25) is 0 Å². The Kier molecular flexibility index (Phi) is 5.47. The third-order valence-corrected chi connectivity index (χ3v) is 6.88. The number of benzene rings is 1. The van der Waals surface area contributed by atoms with Crippen LogP contribution in [0.4, 0.5) is 5.69 Å². The van der Waals surface area contributed by atoms with E-state index in [-0.39, 0.29) is 11.2 Å². The first-order chi connectivity index (χ1) is 15.1. The van der Waals surface area contributed by atoms with E-state index in [9.17, 15) is 13.2 Å². The number of anilines is 1. The predicted octanol–water partition coefficient (Wildman–Crippen LogP) is 3.20. The summed E-state index contributed by atoms with van der Waals surface area (Å²) in [6, 6.07) is 4.02. The average Bonchev–Trinajstić information content (AvgIpc) is 3.22. The largest absolute Gasteiger partial charge is 0.279 e. The van der Waals surface area contributed by atoms with E-state index in [0.29, 0.717) is 16.2 Å². The van der Waals surface area contributed by atoms with Gasteiger partial charge in [-0.15, -0.1) is 10.2 Å². The molecule has 0 aliphatic heterocycles. The first-order valence-electron chi connectivity index (χ1n) is 9.72. The minimum Gasteiger partial charge on any atom is -0.277 e. The monoisotopic (exact) mass is 470 g/mol. The van der Waals surface area contributed by atoms with E-state index in [1.807, 2.05) is 32.9 Å². The van der Waals surface area contributed by atoms with Crippen LogP contribution in [0.3, 0.4) is 0 Å². The van der Waals surface area contributed by atoms with Crippen LogP contribution in [0.15, 0.2) is 34.7 Å². The standard InChI is InChI=1S/C21H22N6O3S2/c1-12-8-13(2)17(14(3)9-12)6-7-32(29,30)25-16-10-22-19-18(20-24-23-15(4)31-20)21(28)26(5)27(19)11-16/h6-11,25H,1-5H3/b7-6+. The van der Waals surface area contributed by atoms with Crippen molar-refractivity contribution in [3.8, 4) is 10.6 Å². The molecule has 0 aliphatic rings. The maximum atomic E-state index is 12.7. The summed E-state index contributed by atoms with van der Waals surface area (Å²) in [4.78, 5) is 17.1. The predicted molar refractivity (Wildman–Crippen MR) is 126 cm³/mol. The van der Waals surface area contributed by atoms with E-state index in [4.69, 9.17) is 0 Å². The second-order valence-corrected chi connectivity index (χ2v) is 10.4. The molecule has 11 heteroatoms. The minimum atomic E-state index is -3.80. The molecule has 0 unspecified atom stereocenters. The first kappa shape index (κ1) is 21.9. The Morgan fingerprint density at radius 3 is 2.41 bits per heavy atom. The highest BCUT2D eigenvalue weighted by molar-refractivity contribution is 7.95. The molecule has 9 nitrogen and oxygen atoms in total. The number of sulfonamides is 1. The molecule has 4 aromatic rings. The fraction of sp³-hybridized carbons (Fsp3) is 0.238. The summed E-state index contributed by atoms with van der Waals surface area (Å²) in [6.07, 6.45) is 4.47. The molecular formula is C21H22N6O3S2. The first-order valence-corrected chi connectivity index (χ1v) is 12.1. The van der Waals surface area contributed by atoms with Gasteiger partial charge < -0.3 is 0 Å². The van der Waals surface area contributed by atoms with Crippen molar-refractivity contribution in [1.82, 2.24) is 24.4 Å². The van der Waals surface area contributed by atoms with Gasteiger partial charge in [-0.25, -0.2) is 22.6 Å². The quantitative estimate of drug-likeness (QED) is 0.479. The molecule has 0 atom stereocenters. The fourth-order valence-electron chi connectivity index (χ4n) is 3.63. The molecule has 4 rings (SSSR count). The number of rotatable bonds is 5. The van der Waals surface area contributed by atoms with Crippen LogP contribution < -0.4 is 10.3 Å². The Balaban J connectivity index is 1.68. The lowest BCUT2D eigenvalue weighted by atomic mass is 10.0. The molecule has 1 N–H and O–H groups in total. The van der Waals surface area contributed by atoms with Crippen molar-refractivity contribution < 1.29 is 8.42 Å². The second-order valence-electron chi connectivity index (χ2n) is 7.60. The summed E-state index contributed by atoms with van der Waals surface area (Å²) in [5, 5.41) is 10.3. The van der Waals surface area contributed by atoms with E-state index in [1.165, 1.54) is 32.9 Å². The molecule has 166 valence electrons. The Morgan fingerprint density at radius 2 is 1.78 bits per heavy atom. The Morgan fingerprint density at radius 1 is 1.09 bits per heavy atom. The van der Waals surface area contributed by atoms with Crippen LogP contribution in [0.5, 0.6) is 0 Å². The molecule has 0 saturated heterocycles. The zero-order chi connectivity index (χ0) is 23.2. The average molecular weight is 471 g/mol. The normalized spacial score (nSPS) is 12.2. The van der Waals surface area contributed by atoms with Crippen LogP contribution in [-0.4, -0.2) is 32.8 Å². The second kappa shape index (κ2) is 7.99. The summed E-state index contributed by atoms with van der Waals surface area (Å²) < 4.78 is 30.7. The molecule has 0 radical (unpaired) electrons. The van der Waals surface area contributed by atoms with Crippen molar-refractivity contribution in [2.24, 2.45) is 7.05 Å². The van der Waals surface area contributed by atoms with Crippen molar-refractivity contribution in [3.05, 3.63) is 67.5 Å². The number of nitrogens with zero attached hydrogens (tertiary/aromatic N) is 5. The third kappa shape index (κ3) is 4.08. The molecule has 0 amide bonds. The summed E-state index contributed by atoms with van der Waals surface area (Å²) >= 11 is 1.30. The third-order valence-electron chi connectivity index (χ3n) is 5.01. The van der Waals surface area contributed by atoms with Gasteiger partial charge in [-0.05, 0) is 50.5 Å². The van der Waals surface area contributed by atoms with Gasteiger partial charge in [0.1, 0.15) is 10.6 Å². The number of nitrogens with one attached hydrogen (secondary N) is 1. The Hall–Kier alpha value is -3.31. The van der Waals surface area contributed by atoms with Gasteiger partial charge in [-0.3, -0.25) is 9.52 Å². The number of fused-ring (bicyclic) bond motifs is 1. The van der Waals surface area contributed by atoms with Gasteiger partial charge >= 0.3 is 0 Å². The zero-order valence-electron chi connectivity index (χ0n) is 18.2. The molecule has 3 heterocycles. The van der Waals surface area contributed by atoms with E-state index in [0.717, 1.165) is 32.7 Å². The van der Waals surface area contributed by atoms with Crippen LogP contribution in [0.25, 0.3) is 22.3 Å². The maximum Gasteiger partial charge on any atom is 0.279 e. The Labute approximate surface area is 189 Å². The Bertz CT molecular complexity index is 1520. The van der Waals surface area contributed by atoms with E-state index in [1.54, 1.807) is 20.0 Å². The highest BCUT2D eigenvalue weighted by Gasteiger charge is 2.20. The van der Waals surface area contributed by atoms with E-state index >= 15 is 0 Å². The molecule has 0 aliphatic carbocycles. The minimum absolute atomic E-state index is 0.227. The SMILES string of the molecule is Cc1cc(C)c(/C=C/S(=O)(=O)Nc2cnc3c(-c4nnc(C)s4)c(=O)n(C)n3c2)c(C)c1. The lowest BCUT2D eigenvalue weighted by molar-refractivity contribution is 0.609. The molecular weight excluding hydrogens is 448 g/mol. The number of aryl methyl sites for hydroxylation is 5.